The van der Waals surface area contributed by atoms with Crippen LogP contribution in [0.2, 0.25) is 0 Å². The first kappa shape index (κ1) is 17.9. The third-order valence-corrected chi connectivity index (χ3v) is 6.69. The van der Waals surface area contributed by atoms with Crippen LogP contribution in [-0.4, -0.2) is 48.1 Å². The molecule has 0 aliphatic carbocycles. The number of hydrogen-bond donors (Lipinski definition) is 0. The average Bonchev–Trinajstić information content (AvgIpc) is 2.94. The minimum atomic E-state index is -4.53. The average molecular weight is 397 g/mol. The molecule has 6 nitrogen and oxygen atoms in total. The van der Waals surface area contributed by atoms with Crippen molar-refractivity contribution >= 4 is 15.9 Å². The van der Waals surface area contributed by atoms with Gasteiger partial charge in [-0.15, -0.1) is 0 Å². The van der Waals surface area contributed by atoms with Crippen molar-refractivity contribution in [1.82, 2.24) is 14.2 Å². The Kier molecular flexibility index (Phi) is 4.00. The molecule has 1 fully saturated rings. The molecule has 0 radical (unpaired) electrons. The zero-order chi connectivity index (χ0) is 19.4. The third kappa shape index (κ3) is 2.88. The molecule has 0 saturated carbocycles. The molecule has 1 unspecified atom stereocenters. The van der Waals surface area contributed by atoms with E-state index in [1.165, 1.54) is 4.31 Å². The predicted octanol–water partition coefficient (Wildman–Crippen LogP) is 2.30. The molecule has 0 bridgehead atoms. The Morgan fingerprint density at radius 2 is 1.78 bits per heavy atom. The second kappa shape index (κ2) is 6.03. The van der Waals surface area contributed by atoms with Crippen LogP contribution in [0.4, 0.5) is 13.2 Å². The fraction of sp³-hybridized carbons (Fsp3) is 0.294. The number of halogens is 3. The summed E-state index contributed by atoms with van der Waals surface area (Å²) in [6.07, 6.45) is -2.99. The van der Waals surface area contributed by atoms with Gasteiger partial charge >= 0.3 is 6.18 Å². The number of piperazine rings is 1. The fourth-order valence-corrected chi connectivity index (χ4v) is 4.87. The Balaban J connectivity index is 1.62. The molecular weight excluding hydrogens is 383 g/mol. The van der Waals surface area contributed by atoms with E-state index in [9.17, 15) is 26.4 Å². The molecule has 10 heteroatoms. The SMILES string of the molecule is O=C1c2cccnc2C2CN(S(=O)(=O)c3ccc(C(F)(F)F)cc3)CCN12. The summed E-state index contributed by atoms with van der Waals surface area (Å²) >= 11 is 0. The number of alkyl halides is 3. The van der Waals surface area contributed by atoms with E-state index in [0.717, 1.165) is 24.3 Å². The van der Waals surface area contributed by atoms with Gasteiger partial charge in [0.2, 0.25) is 10.0 Å². The van der Waals surface area contributed by atoms with Crippen LogP contribution in [0.25, 0.3) is 0 Å². The second-order valence-electron chi connectivity index (χ2n) is 6.34. The van der Waals surface area contributed by atoms with Gasteiger partial charge in [-0.3, -0.25) is 9.78 Å². The molecule has 1 aromatic heterocycles. The highest BCUT2D eigenvalue weighted by Crippen LogP contribution is 2.36. The Morgan fingerprint density at radius 3 is 2.44 bits per heavy atom. The van der Waals surface area contributed by atoms with E-state index in [1.807, 2.05) is 0 Å². The number of hydrogen-bond acceptors (Lipinski definition) is 4. The van der Waals surface area contributed by atoms with Gasteiger partial charge in [0.25, 0.3) is 5.91 Å². The summed E-state index contributed by atoms with van der Waals surface area (Å²) in [6.45, 7) is 0.276. The van der Waals surface area contributed by atoms with Gasteiger partial charge in [0, 0.05) is 25.8 Å². The number of fused-ring (bicyclic) bond motifs is 3. The van der Waals surface area contributed by atoms with Crippen LogP contribution in [0.1, 0.15) is 27.7 Å². The fourth-order valence-electron chi connectivity index (χ4n) is 3.44. The minimum Gasteiger partial charge on any atom is -0.327 e. The summed E-state index contributed by atoms with van der Waals surface area (Å²) in [5.74, 6) is -0.185. The number of pyridine rings is 1. The number of amides is 1. The van der Waals surface area contributed by atoms with Crippen LogP contribution in [0.5, 0.6) is 0 Å². The first-order valence-electron chi connectivity index (χ1n) is 8.13. The maximum atomic E-state index is 12.9. The number of nitrogens with zero attached hydrogens (tertiary/aromatic N) is 3. The van der Waals surface area contributed by atoms with E-state index in [4.69, 9.17) is 0 Å². The van der Waals surface area contributed by atoms with Gasteiger partial charge in [0.15, 0.2) is 0 Å². The van der Waals surface area contributed by atoms with Crippen molar-refractivity contribution in [3.8, 4) is 0 Å². The highest BCUT2D eigenvalue weighted by molar-refractivity contribution is 7.89. The molecule has 1 atom stereocenters. The smallest absolute Gasteiger partial charge is 0.327 e. The summed E-state index contributed by atoms with van der Waals surface area (Å²) in [5.41, 5.74) is 0.0666. The summed E-state index contributed by atoms with van der Waals surface area (Å²) in [4.78, 5) is 18.0. The second-order valence-corrected chi connectivity index (χ2v) is 8.27. The van der Waals surface area contributed by atoms with Gasteiger partial charge in [-0.2, -0.15) is 17.5 Å². The maximum Gasteiger partial charge on any atom is 0.416 e. The largest absolute Gasteiger partial charge is 0.416 e. The first-order valence-corrected chi connectivity index (χ1v) is 9.57. The molecule has 4 rings (SSSR count). The summed E-state index contributed by atoms with van der Waals surface area (Å²) in [6, 6.07) is 6.21. The third-order valence-electron chi connectivity index (χ3n) is 4.81. The van der Waals surface area contributed by atoms with Crippen LogP contribution in [0, 0.1) is 0 Å². The quantitative estimate of drug-likeness (QED) is 0.780. The van der Waals surface area contributed by atoms with Crippen LogP contribution >= 0.6 is 0 Å². The molecule has 1 aromatic carbocycles. The van der Waals surface area contributed by atoms with Crippen LogP contribution in [-0.2, 0) is 16.2 Å². The Hall–Kier alpha value is -2.46. The monoisotopic (exact) mass is 397 g/mol. The molecule has 1 saturated heterocycles. The topological polar surface area (TPSA) is 70.6 Å². The van der Waals surface area contributed by atoms with E-state index in [-0.39, 0.29) is 30.4 Å². The maximum absolute atomic E-state index is 12.9. The van der Waals surface area contributed by atoms with E-state index < -0.39 is 27.8 Å². The molecule has 2 aromatic rings. The van der Waals surface area contributed by atoms with Crippen molar-refractivity contribution in [2.75, 3.05) is 19.6 Å². The Morgan fingerprint density at radius 1 is 1.07 bits per heavy atom. The minimum absolute atomic E-state index is 0.0130. The molecular formula is C17H14F3N3O3S. The van der Waals surface area contributed by atoms with Crippen LogP contribution < -0.4 is 0 Å². The van der Waals surface area contributed by atoms with Crippen LogP contribution in [0.15, 0.2) is 47.5 Å². The molecule has 2 aliphatic rings. The summed E-state index contributed by atoms with van der Waals surface area (Å²) in [5, 5.41) is 0. The number of benzene rings is 1. The van der Waals surface area contributed by atoms with Crippen LogP contribution in [0.3, 0.4) is 0 Å². The van der Waals surface area contributed by atoms with Gasteiger partial charge < -0.3 is 4.90 Å². The van der Waals surface area contributed by atoms with Crippen molar-refractivity contribution in [1.29, 1.82) is 0 Å². The lowest BCUT2D eigenvalue weighted by molar-refractivity contribution is -0.137. The Bertz CT molecular complexity index is 1010. The Labute approximate surface area is 153 Å². The van der Waals surface area contributed by atoms with Gasteiger partial charge in [0.1, 0.15) is 0 Å². The van der Waals surface area contributed by atoms with E-state index in [0.29, 0.717) is 11.3 Å². The van der Waals surface area contributed by atoms with Crippen molar-refractivity contribution < 1.29 is 26.4 Å². The van der Waals surface area contributed by atoms with Crippen molar-refractivity contribution in [3.05, 3.63) is 59.4 Å². The lowest BCUT2D eigenvalue weighted by Crippen LogP contribution is -2.49. The predicted molar refractivity (Wildman–Crippen MR) is 88.2 cm³/mol. The molecule has 142 valence electrons. The van der Waals surface area contributed by atoms with Crippen molar-refractivity contribution in [2.24, 2.45) is 0 Å². The number of aromatic nitrogens is 1. The van der Waals surface area contributed by atoms with Gasteiger partial charge in [-0.05, 0) is 36.4 Å². The van der Waals surface area contributed by atoms with E-state index in [2.05, 4.69) is 4.98 Å². The molecule has 1 amide bonds. The molecule has 0 spiro atoms. The van der Waals surface area contributed by atoms with Crippen molar-refractivity contribution in [2.45, 2.75) is 17.1 Å². The van der Waals surface area contributed by atoms with E-state index in [1.54, 1.807) is 23.2 Å². The molecule has 0 N–H and O–H groups in total. The van der Waals surface area contributed by atoms with E-state index >= 15 is 0 Å². The lowest BCUT2D eigenvalue weighted by Gasteiger charge is -2.36. The standard InChI is InChI=1S/C17H14F3N3O3S/c18-17(19,20)11-3-5-12(6-4-11)27(25,26)22-8-9-23-14(10-22)15-13(16(23)24)2-1-7-21-15/h1-7,14H,8-10H2. The lowest BCUT2D eigenvalue weighted by atomic mass is 10.1. The van der Waals surface area contributed by atoms with Gasteiger partial charge in [-0.1, -0.05) is 0 Å². The zero-order valence-electron chi connectivity index (χ0n) is 13.8. The summed E-state index contributed by atoms with van der Waals surface area (Å²) < 4.78 is 65.0. The normalized spacial score (nSPS) is 20.5. The number of rotatable bonds is 2. The first-order chi connectivity index (χ1) is 12.7. The zero-order valence-corrected chi connectivity index (χ0v) is 14.7. The van der Waals surface area contributed by atoms with Crippen molar-refractivity contribution in [3.63, 3.8) is 0 Å². The number of sulfonamides is 1. The van der Waals surface area contributed by atoms with Gasteiger partial charge in [0.05, 0.1) is 27.8 Å². The molecule has 3 heterocycles. The van der Waals surface area contributed by atoms with Gasteiger partial charge in [-0.25, -0.2) is 8.42 Å². The molecule has 27 heavy (non-hydrogen) atoms. The number of carbonyl (C=O) groups excluding carboxylic acids is 1. The highest BCUT2D eigenvalue weighted by Gasteiger charge is 2.44. The molecule has 2 aliphatic heterocycles. The highest BCUT2D eigenvalue weighted by atomic mass is 32.2. The number of carbonyl (C=O) groups is 1. The summed E-state index contributed by atoms with van der Waals surface area (Å²) in [7, 11) is -3.98.